The molecule has 0 amide bonds. The predicted octanol–water partition coefficient (Wildman–Crippen LogP) is 3.05. The minimum Gasteiger partial charge on any atom is -0.359 e. The molecule has 104 valence electrons. The third kappa shape index (κ3) is 4.90. The predicted molar refractivity (Wildman–Crippen MR) is 79.4 cm³/mol. The van der Waals surface area contributed by atoms with Gasteiger partial charge in [-0.3, -0.25) is 0 Å². The van der Waals surface area contributed by atoms with Gasteiger partial charge in [0.15, 0.2) is 0 Å². The largest absolute Gasteiger partial charge is 0.359 e. The van der Waals surface area contributed by atoms with Crippen LogP contribution in [0.3, 0.4) is 0 Å². The second-order valence-corrected chi connectivity index (χ2v) is 6.49. The maximum atomic E-state index is 4.50. The third-order valence-corrected chi connectivity index (χ3v) is 3.61. The Hall–Kier alpha value is -0.680. The van der Waals surface area contributed by atoms with E-state index in [9.17, 15) is 0 Å². The van der Waals surface area contributed by atoms with E-state index < -0.39 is 0 Å². The number of rotatable bonds is 7. The SMILES string of the molecule is CC(C)CC(CNc1nc(C(C)C)ns1)N(C)C. The molecule has 0 saturated carbocycles. The molecular formula is C13H26N4S. The first-order valence-electron chi connectivity index (χ1n) is 6.64. The molecule has 1 aromatic heterocycles. The highest BCUT2D eigenvalue weighted by molar-refractivity contribution is 7.09. The van der Waals surface area contributed by atoms with Gasteiger partial charge in [0.1, 0.15) is 5.82 Å². The molecule has 18 heavy (non-hydrogen) atoms. The Balaban J connectivity index is 2.50. The fourth-order valence-electron chi connectivity index (χ4n) is 1.77. The van der Waals surface area contributed by atoms with Crippen molar-refractivity contribution in [1.29, 1.82) is 0 Å². The van der Waals surface area contributed by atoms with Crippen LogP contribution in [0.25, 0.3) is 0 Å². The van der Waals surface area contributed by atoms with E-state index in [-0.39, 0.29) is 0 Å². The Morgan fingerprint density at radius 3 is 2.33 bits per heavy atom. The molecule has 4 nitrogen and oxygen atoms in total. The molecular weight excluding hydrogens is 244 g/mol. The van der Waals surface area contributed by atoms with E-state index in [0.717, 1.165) is 17.5 Å². The molecule has 0 aliphatic rings. The summed E-state index contributed by atoms with van der Waals surface area (Å²) in [4.78, 5) is 6.77. The van der Waals surface area contributed by atoms with Crippen LogP contribution in [0.4, 0.5) is 5.13 Å². The topological polar surface area (TPSA) is 41.1 Å². The molecule has 1 aromatic rings. The molecule has 1 rings (SSSR count). The molecule has 1 unspecified atom stereocenters. The van der Waals surface area contributed by atoms with Gasteiger partial charge < -0.3 is 10.2 Å². The van der Waals surface area contributed by atoms with Crippen LogP contribution in [0, 0.1) is 5.92 Å². The van der Waals surface area contributed by atoms with Crippen LogP contribution >= 0.6 is 11.5 Å². The van der Waals surface area contributed by atoms with Crippen LogP contribution in [0.2, 0.25) is 0 Å². The Bertz CT molecular complexity index is 347. The number of nitrogens with zero attached hydrogens (tertiary/aromatic N) is 3. The van der Waals surface area contributed by atoms with E-state index in [0.29, 0.717) is 17.9 Å². The number of anilines is 1. The van der Waals surface area contributed by atoms with Crippen molar-refractivity contribution in [2.24, 2.45) is 5.92 Å². The summed E-state index contributed by atoms with van der Waals surface area (Å²) in [6.07, 6.45) is 1.19. The van der Waals surface area contributed by atoms with Crippen molar-refractivity contribution in [2.75, 3.05) is 26.0 Å². The summed E-state index contributed by atoms with van der Waals surface area (Å²) in [5, 5.41) is 4.35. The maximum Gasteiger partial charge on any atom is 0.202 e. The summed E-state index contributed by atoms with van der Waals surface area (Å²) < 4.78 is 4.35. The smallest absolute Gasteiger partial charge is 0.202 e. The quantitative estimate of drug-likeness (QED) is 0.827. The average Bonchev–Trinajstić information content (AvgIpc) is 2.72. The molecule has 0 aromatic carbocycles. The monoisotopic (exact) mass is 270 g/mol. The van der Waals surface area contributed by atoms with Gasteiger partial charge >= 0.3 is 0 Å². The standard InChI is InChI=1S/C13H26N4S/c1-9(2)7-11(17(5)6)8-14-13-15-12(10(3)4)16-18-13/h9-11H,7-8H2,1-6H3,(H,14,15,16). The van der Waals surface area contributed by atoms with E-state index in [2.05, 4.69) is 61.4 Å². The fourth-order valence-corrected chi connectivity index (χ4v) is 2.48. The number of nitrogens with one attached hydrogen (secondary N) is 1. The normalized spacial score (nSPS) is 13.6. The van der Waals surface area contributed by atoms with Crippen molar-refractivity contribution in [3.63, 3.8) is 0 Å². The minimum atomic E-state index is 0.400. The number of aromatic nitrogens is 2. The van der Waals surface area contributed by atoms with Crippen LogP contribution < -0.4 is 5.32 Å². The average molecular weight is 270 g/mol. The highest BCUT2D eigenvalue weighted by Crippen LogP contribution is 2.18. The van der Waals surface area contributed by atoms with Gasteiger partial charge in [0, 0.05) is 30.0 Å². The molecule has 0 spiro atoms. The van der Waals surface area contributed by atoms with Gasteiger partial charge in [-0.15, -0.1) is 0 Å². The van der Waals surface area contributed by atoms with Gasteiger partial charge in [0.25, 0.3) is 0 Å². The molecule has 0 aliphatic carbocycles. The Morgan fingerprint density at radius 1 is 1.22 bits per heavy atom. The van der Waals surface area contributed by atoms with E-state index in [1.165, 1.54) is 18.0 Å². The molecule has 1 atom stereocenters. The van der Waals surface area contributed by atoms with Crippen molar-refractivity contribution in [3.05, 3.63) is 5.82 Å². The summed E-state index contributed by atoms with van der Waals surface area (Å²) >= 11 is 1.46. The van der Waals surface area contributed by atoms with E-state index in [4.69, 9.17) is 0 Å². The number of hydrogen-bond acceptors (Lipinski definition) is 5. The number of likely N-dealkylation sites (N-methyl/N-ethyl adjacent to an activating group) is 1. The fraction of sp³-hybridized carbons (Fsp3) is 0.846. The zero-order valence-corrected chi connectivity index (χ0v) is 13.2. The van der Waals surface area contributed by atoms with Gasteiger partial charge in [-0.1, -0.05) is 27.7 Å². The molecule has 5 heteroatoms. The van der Waals surface area contributed by atoms with Gasteiger partial charge in [0.2, 0.25) is 5.13 Å². The number of hydrogen-bond donors (Lipinski definition) is 1. The van der Waals surface area contributed by atoms with Crippen molar-refractivity contribution < 1.29 is 0 Å². The summed E-state index contributed by atoms with van der Waals surface area (Å²) in [7, 11) is 4.27. The first-order chi connectivity index (χ1) is 8.40. The lowest BCUT2D eigenvalue weighted by Gasteiger charge is -2.26. The lowest BCUT2D eigenvalue weighted by atomic mass is 10.0. The van der Waals surface area contributed by atoms with Gasteiger partial charge in [0.05, 0.1) is 0 Å². The van der Waals surface area contributed by atoms with Crippen LogP contribution in [-0.2, 0) is 0 Å². The lowest BCUT2D eigenvalue weighted by molar-refractivity contribution is 0.266. The lowest BCUT2D eigenvalue weighted by Crippen LogP contribution is -2.35. The molecule has 0 fully saturated rings. The van der Waals surface area contributed by atoms with Crippen molar-refractivity contribution in [3.8, 4) is 0 Å². The van der Waals surface area contributed by atoms with Crippen LogP contribution in [0.15, 0.2) is 0 Å². The summed E-state index contributed by atoms with van der Waals surface area (Å²) in [5.74, 6) is 2.05. The maximum absolute atomic E-state index is 4.50. The minimum absolute atomic E-state index is 0.400. The van der Waals surface area contributed by atoms with Crippen LogP contribution in [-0.4, -0.2) is 40.9 Å². The second kappa shape index (κ2) is 7.04. The first-order valence-corrected chi connectivity index (χ1v) is 7.41. The molecule has 0 saturated heterocycles. The Labute approximate surface area is 115 Å². The first kappa shape index (κ1) is 15.4. The van der Waals surface area contributed by atoms with Gasteiger partial charge in [-0.25, -0.2) is 4.98 Å². The zero-order chi connectivity index (χ0) is 13.7. The van der Waals surface area contributed by atoms with E-state index in [1.54, 1.807) is 0 Å². The van der Waals surface area contributed by atoms with Gasteiger partial charge in [-0.05, 0) is 26.4 Å². The van der Waals surface area contributed by atoms with Crippen LogP contribution in [0.1, 0.15) is 45.9 Å². The van der Waals surface area contributed by atoms with Crippen molar-refractivity contribution in [1.82, 2.24) is 14.3 Å². The van der Waals surface area contributed by atoms with Gasteiger partial charge in [-0.2, -0.15) is 4.37 Å². The summed E-state index contributed by atoms with van der Waals surface area (Å²) in [5.41, 5.74) is 0. The third-order valence-electron chi connectivity index (χ3n) is 2.92. The molecule has 1 heterocycles. The molecule has 0 bridgehead atoms. The second-order valence-electron chi connectivity index (χ2n) is 5.74. The van der Waals surface area contributed by atoms with Crippen molar-refractivity contribution in [2.45, 2.75) is 46.1 Å². The van der Waals surface area contributed by atoms with Crippen molar-refractivity contribution >= 4 is 16.7 Å². The highest BCUT2D eigenvalue weighted by Gasteiger charge is 2.14. The Kier molecular flexibility index (Phi) is 6.02. The molecule has 0 aliphatic heterocycles. The molecule has 0 radical (unpaired) electrons. The highest BCUT2D eigenvalue weighted by atomic mass is 32.1. The van der Waals surface area contributed by atoms with E-state index in [1.807, 2.05) is 0 Å². The summed E-state index contributed by atoms with van der Waals surface area (Å²) in [6.45, 7) is 9.69. The summed E-state index contributed by atoms with van der Waals surface area (Å²) in [6, 6.07) is 0.538. The van der Waals surface area contributed by atoms with E-state index >= 15 is 0 Å². The van der Waals surface area contributed by atoms with Crippen LogP contribution in [0.5, 0.6) is 0 Å². The zero-order valence-electron chi connectivity index (χ0n) is 12.4. The Morgan fingerprint density at radius 2 is 1.89 bits per heavy atom. The molecule has 1 N–H and O–H groups in total.